The van der Waals surface area contributed by atoms with Crippen LogP contribution in [0.3, 0.4) is 0 Å². The van der Waals surface area contributed by atoms with Crippen molar-refractivity contribution in [3.05, 3.63) is 0 Å². The van der Waals surface area contributed by atoms with Crippen LogP contribution < -0.4 is 5.73 Å². The summed E-state index contributed by atoms with van der Waals surface area (Å²) in [4.78, 5) is 13.1. The van der Waals surface area contributed by atoms with Crippen LogP contribution in [0.5, 0.6) is 0 Å². The molecule has 0 aromatic rings. The van der Waals surface area contributed by atoms with E-state index in [0.717, 1.165) is 13.0 Å². The molecule has 0 saturated carbocycles. The van der Waals surface area contributed by atoms with Gasteiger partial charge >= 0.3 is 5.97 Å². The molecule has 1 heterocycles. The second kappa shape index (κ2) is 4.42. The summed E-state index contributed by atoms with van der Waals surface area (Å²) < 4.78 is 4.91. The molecule has 1 aliphatic rings. The maximum atomic E-state index is 11.0. The van der Waals surface area contributed by atoms with Gasteiger partial charge in [0.1, 0.15) is 0 Å². The van der Waals surface area contributed by atoms with E-state index in [-0.39, 0.29) is 12.0 Å². The second-order valence-electron chi connectivity index (χ2n) is 3.13. The van der Waals surface area contributed by atoms with Crippen molar-refractivity contribution in [2.24, 2.45) is 5.73 Å². The van der Waals surface area contributed by atoms with E-state index < -0.39 is 0 Å². The van der Waals surface area contributed by atoms with E-state index in [0.29, 0.717) is 19.7 Å². The topological polar surface area (TPSA) is 55.6 Å². The van der Waals surface area contributed by atoms with Gasteiger partial charge in [0.15, 0.2) is 0 Å². The summed E-state index contributed by atoms with van der Waals surface area (Å²) in [6, 6.07) is 0.274. The quantitative estimate of drug-likeness (QED) is 0.575. The van der Waals surface area contributed by atoms with Gasteiger partial charge in [0.25, 0.3) is 0 Å². The van der Waals surface area contributed by atoms with Gasteiger partial charge in [0, 0.05) is 19.1 Å². The van der Waals surface area contributed by atoms with Gasteiger partial charge in [-0.25, -0.2) is 0 Å². The summed E-state index contributed by atoms with van der Waals surface area (Å²) in [5.74, 6) is -0.132. The Bertz CT molecular complexity index is 161. The first-order chi connectivity index (χ1) is 5.74. The number of hydrogen-bond donors (Lipinski definition) is 1. The summed E-state index contributed by atoms with van der Waals surface area (Å²) >= 11 is 0. The van der Waals surface area contributed by atoms with E-state index in [4.69, 9.17) is 10.5 Å². The molecular weight excluding hydrogens is 156 g/mol. The number of hydrogen-bond acceptors (Lipinski definition) is 4. The first-order valence-corrected chi connectivity index (χ1v) is 4.33. The molecule has 1 unspecified atom stereocenters. The van der Waals surface area contributed by atoms with Crippen LogP contribution in [0.25, 0.3) is 0 Å². The average Bonchev–Trinajstić information content (AvgIpc) is 2.28. The van der Waals surface area contributed by atoms with Crippen LogP contribution in [0, 0.1) is 0 Å². The molecule has 0 radical (unpaired) electrons. The van der Waals surface area contributed by atoms with Crippen molar-refractivity contribution in [2.45, 2.75) is 19.4 Å². The predicted molar refractivity (Wildman–Crippen MR) is 45.7 cm³/mol. The zero-order valence-electron chi connectivity index (χ0n) is 7.45. The van der Waals surface area contributed by atoms with Gasteiger partial charge in [-0.3, -0.25) is 9.69 Å². The van der Waals surface area contributed by atoms with Crippen molar-refractivity contribution in [1.29, 1.82) is 0 Å². The first kappa shape index (κ1) is 9.48. The molecule has 0 bridgehead atoms. The summed E-state index contributed by atoms with van der Waals surface area (Å²) in [5, 5.41) is 0. The van der Waals surface area contributed by atoms with Crippen molar-refractivity contribution in [3.63, 3.8) is 0 Å². The van der Waals surface area contributed by atoms with E-state index in [1.54, 1.807) is 0 Å². The summed E-state index contributed by atoms with van der Waals surface area (Å²) in [6.07, 6.45) is 0.913. The van der Waals surface area contributed by atoms with Gasteiger partial charge in [0.05, 0.1) is 13.2 Å². The molecule has 70 valence electrons. The van der Waals surface area contributed by atoms with Gasteiger partial charge in [-0.05, 0) is 13.3 Å². The highest BCUT2D eigenvalue weighted by molar-refractivity contribution is 5.71. The van der Waals surface area contributed by atoms with Crippen molar-refractivity contribution in [2.75, 3.05) is 26.2 Å². The Morgan fingerprint density at radius 2 is 2.50 bits per heavy atom. The molecule has 1 saturated heterocycles. The average molecular weight is 172 g/mol. The molecule has 2 N–H and O–H groups in total. The van der Waals surface area contributed by atoms with Crippen molar-refractivity contribution >= 4 is 5.97 Å². The normalized spacial score (nSPS) is 23.0. The number of carbonyl (C=O) groups excluding carboxylic acids is 1. The molecule has 0 aromatic heterocycles. The van der Waals surface area contributed by atoms with Crippen LogP contribution in [0.15, 0.2) is 0 Å². The lowest BCUT2D eigenvalue weighted by molar-refractivity contribution is -0.143. The van der Waals surface area contributed by atoms with E-state index in [2.05, 4.69) is 4.90 Å². The lowest BCUT2D eigenvalue weighted by Gasteiger charge is -2.24. The molecule has 0 spiro atoms. The van der Waals surface area contributed by atoms with Gasteiger partial charge < -0.3 is 10.5 Å². The van der Waals surface area contributed by atoms with E-state index in [1.807, 2.05) is 6.92 Å². The lowest BCUT2D eigenvalue weighted by atomic mass is 10.2. The van der Waals surface area contributed by atoms with Crippen molar-refractivity contribution < 1.29 is 9.53 Å². The Hall–Kier alpha value is -0.610. The standard InChI is InChI=1S/C8H16N2O2/c1-7(5-9)10-3-2-4-12-8(11)6-10/h7H,2-6,9H2,1H3. The fraction of sp³-hybridized carbons (Fsp3) is 0.875. The monoisotopic (exact) mass is 172 g/mol. The summed E-state index contributed by atoms with van der Waals surface area (Å²) in [5.41, 5.74) is 5.51. The Kier molecular flexibility index (Phi) is 3.49. The minimum Gasteiger partial charge on any atom is -0.465 e. The Morgan fingerprint density at radius 1 is 1.75 bits per heavy atom. The lowest BCUT2D eigenvalue weighted by Crippen LogP contribution is -2.41. The predicted octanol–water partition coefficient (Wildman–Crippen LogP) is -0.417. The van der Waals surface area contributed by atoms with Gasteiger partial charge in [-0.15, -0.1) is 0 Å². The highest BCUT2D eigenvalue weighted by atomic mass is 16.5. The fourth-order valence-electron chi connectivity index (χ4n) is 1.27. The number of nitrogens with zero attached hydrogens (tertiary/aromatic N) is 1. The van der Waals surface area contributed by atoms with Crippen LogP contribution in [-0.2, 0) is 9.53 Å². The molecule has 1 fully saturated rings. The summed E-state index contributed by atoms with van der Waals surface area (Å²) in [7, 11) is 0. The molecule has 1 aliphatic heterocycles. The Labute approximate surface area is 72.7 Å². The third-order valence-corrected chi connectivity index (χ3v) is 2.15. The maximum Gasteiger partial charge on any atom is 0.320 e. The first-order valence-electron chi connectivity index (χ1n) is 4.33. The molecule has 4 heteroatoms. The number of rotatable bonds is 2. The Morgan fingerprint density at radius 3 is 3.17 bits per heavy atom. The van der Waals surface area contributed by atoms with Gasteiger partial charge in [0.2, 0.25) is 0 Å². The van der Waals surface area contributed by atoms with E-state index in [1.165, 1.54) is 0 Å². The van der Waals surface area contributed by atoms with E-state index >= 15 is 0 Å². The third-order valence-electron chi connectivity index (χ3n) is 2.15. The molecule has 0 aliphatic carbocycles. The Balaban J connectivity index is 2.46. The smallest absolute Gasteiger partial charge is 0.320 e. The molecule has 0 aromatic carbocycles. The van der Waals surface area contributed by atoms with Crippen molar-refractivity contribution in [1.82, 2.24) is 4.90 Å². The van der Waals surface area contributed by atoms with Crippen molar-refractivity contribution in [3.8, 4) is 0 Å². The number of ether oxygens (including phenoxy) is 1. The number of esters is 1. The van der Waals surface area contributed by atoms with Crippen LogP contribution in [0.1, 0.15) is 13.3 Å². The molecule has 4 nitrogen and oxygen atoms in total. The number of carbonyl (C=O) groups is 1. The fourth-order valence-corrected chi connectivity index (χ4v) is 1.27. The van der Waals surface area contributed by atoms with Gasteiger partial charge in [-0.2, -0.15) is 0 Å². The molecule has 1 atom stereocenters. The number of nitrogens with two attached hydrogens (primary N) is 1. The molecule has 12 heavy (non-hydrogen) atoms. The highest BCUT2D eigenvalue weighted by Gasteiger charge is 2.19. The third kappa shape index (κ3) is 2.46. The zero-order valence-corrected chi connectivity index (χ0v) is 7.45. The van der Waals surface area contributed by atoms with E-state index in [9.17, 15) is 4.79 Å². The number of cyclic esters (lactones) is 1. The van der Waals surface area contributed by atoms with Gasteiger partial charge in [-0.1, -0.05) is 0 Å². The second-order valence-corrected chi connectivity index (χ2v) is 3.13. The largest absolute Gasteiger partial charge is 0.465 e. The highest BCUT2D eigenvalue weighted by Crippen LogP contribution is 2.04. The zero-order chi connectivity index (χ0) is 8.97. The summed E-state index contributed by atoms with van der Waals surface area (Å²) in [6.45, 7) is 4.46. The van der Waals surface area contributed by atoms with Crippen LogP contribution in [-0.4, -0.2) is 43.2 Å². The molecular formula is C8H16N2O2. The maximum absolute atomic E-state index is 11.0. The van der Waals surface area contributed by atoms with Crippen LogP contribution in [0.4, 0.5) is 0 Å². The SMILES string of the molecule is CC(CN)N1CCCOC(=O)C1. The van der Waals surface area contributed by atoms with Crippen LogP contribution >= 0.6 is 0 Å². The minimum absolute atomic E-state index is 0.132. The molecule has 0 amide bonds. The molecule has 1 rings (SSSR count). The van der Waals surface area contributed by atoms with Crippen LogP contribution in [0.2, 0.25) is 0 Å². The minimum atomic E-state index is -0.132.